The van der Waals surface area contributed by atoms with Crippen LogP contribution in [0, 0.1) is 11.8 Å². The number of aryl methyl sites for hydroxylation is 1. The molecule has 37 heavy (non-hydrogen) atoms. The first-order chi connectivity index (χ1) is 18.2. The lowest BCUT2D eigenvalue weighted by Crippen LogP contribution is -2.39. The largest absolute Gasteiger partial charge is 0.381 e. The molecule has 196 valence electrons. The highest BCUT2D eigenvalue weighted by Crippen LogP contribution is 2.39. The van der Waals surface area contributed by atoms with Crippen molar-refractivity contribution in [2.45, 2.75) is 76.5 Å². The minimum Gasteiger partial charge on any atom is -0.381 e. The van der Waals surface area contributed by atoms with Crippen LogP contribution in [0.4, 0.5) is 5.69 Å². The molecule has 2 aliphatic carbocycles. The van der Waals surface area contributed by atoms with Gasteiger partial charge in [-0.15, -0.1) is 0 Å². The van der Waals surface area contributed by atoms with Gasteiger partial charge in [-0.3, -0.25) is 4.79 Å². The van der Waals surface area contributed by atoms with E-state index in [1.165, 1.54) is 12.8 Å². The van der Waals surface area contributed by atoms with Gasteiger partial charge < -0.3 is 18.7 Å². The maximum Gasteiger partial charge on any atom is 0.258 e. The molecule has 9 nitrogen and oxygen atoms in total. The van der Waals surface area contributed by atoms with Crippen molar-refractivity contribution in [1.29, 1.82) is 0 Å². The first-order valence-electron chi connectivity index (χ1n) is 13.9. The van der Waals surface area contributed by atoms with Crippen molar-refractivity contribution in [3.05, 3.63) is 41.8 Å². The Hall–Kier alpha value is -3.07. The van der Waals surface area contributed by atoms with Crippen molar-refractivity contribution in [3.63, 3.8) is 0 Å². The van der Waals surface area contributed by atoms with E-state index in [2.05, 4.69) is 20.3 Å². The molecule has 1 aliphatic heterocycles. The molecule has 3 aromatic rings. The first-order valence-corrected chi connectivity index (χ1v) is 13.9. The topological polar surface area (TPSA) is 107 Å². The van der Waals surface area contributed by atoms with E-state index in [0.29, 0.717) is 31.6 Å². The smallest absolute Gasteiger partial charge is 0.258 e. The number of carbonyl (C=O) groups excluding carboxylic acids is 1. The molecule has 0 radical (unpaired) electrons. The van der Waals surface area contributed by atoms with Crippen molar-refractivity contribution in [2.24, 2.45) is 11.8 Å². The van der Waals surface area contributed by atoms with Crippen molar-refractivity contribution < 1.29 is 18.6 Å². The van der Waals surface area contributed by atoms with E-state index in [4.69, 9.17) is 13.8 Å². The standard InChI is InChI=1S/C28H35N5O4/c34-28(21-12-15-35-16-13-21)33(14-3-1-2-7-25-29-24(31-36-25)17-19-8-9-19)23-6-4-5-22(18-23)27-30-26(32-37-27)20-10-11-20/h4-6,18-21H,1-3,7-17H2. The van der Waals surface area contributed by atoms with Gasteiger partial charge in [0.25, 0.3) is 5.89 Å². The molecule has 0 bridgehead atoms. The third-order valence-electron chi connectivity index (χ3n) is 7.58. The molecule has 2 aromatic heterocycles. The lowest BCUT2D eigenvalue weighted by molar-refractivity contribution is -0.125. The van der Waals surface area contributed by atoms with Crippen LogP contribution in [0.1, 0.15) is 81.2 Å². The van der Waals surface area contributed by atoms with E-state index < -0.39 is 0 Å². The van der Waals surface area contributed by atoms with Gasteiger partial charge in [-0.1, -0.05) is 22.8 Å². The van der Waals surface area contributed by atoms with Gasteiger partial charge in [-0.05, 0) is 75.5 Å². The summed E-state index contributed by atoms with van der Waals surface area (Å²) in [6.07, 6.45) is 10.9. The minimum absolute atomic E-state index is 0.00874. The van der Waals surface area contributed by atoms with Gasteiger partial charge in [-0.25, -0.2) is 0 Å². The zero-order valence-corrected chi connectivity index (χ0v) is 21.3. The second kappa shape index (κ2) is 11.1. The molecular weight excluding hydrogens is 470 g/mol. The van der Waals surface area contributed by atoms with Crippen molar-refractivity contribution in [3.8, 4) is 11.5 Å². The summed E-state index contributed by atoms with van der Waals surface area (Å²) in [7, 11) is 0. The zero-order chi connectivity index (χ0) is 25.0. The number of benzene rings is 1. The minimum atomic E-state index is -0.00874. The van der Waals surface area contributed by atoms with Gasteiger partial charge in [0.05, 0.1) is 0 Å². The maximum atomic E-state index is 13.6. The predicted molar refractivity (Wildman–Crippen MR) is 136 cm³/mol. The Morgan fingerprint density at radius 2 is 1.81 bits per heavy atom. The molecular formula is C28H35N5O4. The number of nitrogens with zero attached hydrogens (tertiary/aromatic N) is 5. The lowest BCUT2D eigenvalue weighted by Gasteiger charge is -2.29. The second-order valence-electron chi connectivity index (χ2n) is 10.7. The van der Waals surface area contributed by atoms with E-state index in [1.807, 2.05) is 29.2 Å². The number of amides is 1. The Kier molecular flexibility index (Phi) is 7.30. The average molecular weight is 506 g/mol. The average Bonchev–Trinajstić information content (AvgIpc) is 3.86. The maximum absolute atomic E-state index is 13.6. The quantitative estimate of drug-likeness (QED) is 0.312. The van der Waals surface area contributed by atoms with Gasteiger partial charge in [0.15, 0.2) is 11.6 Å². The van der Waals surface area contributed by atoms with Crippen LogP contribution in [0.2, 0.25) is 0 Å². The molecule has 1 saturated heterocycles. The fourth-order valence-electron chi connectivity index (χ4n) is 4.98. The Morgan fingerprint density at radius 3 is 2.62 bits per heavy atom. The normalized spacial score (nSPS) is 18.3. The molecule has 1 amide bonds. The zero-order valence-electron chi connectivity index (χ0n) is 21.3. The Bertz CT molecular complexity index is 1190. The first kappa shape index (κ1) is 24.3. The fraction of sp³-hybridized carbons (Fsp3) is 0.607. The van der Waals surface area contributed by atoms with Crippen LogP contribution < -0.4 is 4.90 Å². The van der Waals surface area contributed by atoms with Gasteiger partial charge in [0.2, 0.25) is 11.8 Å². The molecule has 2 saturated carbocycles. The van der Waals surface area contributed by atoms with Gasteiger partial charge in [-0.2, -0.15) is 9.97 Å². The molecule has 0 unspecified atom stereocenters. The number of carbonyl (C=O) groups is 1. The number of ether oxygens (including phenoxy) is 1. The van der Waals surface area contributed by atoms with Crippen molar-refractivity contribution in [1.82, 2.24) is 20.3 Å². The van der Waals surface area contributed by atoms with E-state index in [1.54, 1.807) is 0 Å². The highest BCUT2D eigenvalue weighted by atomic mass is 16.5. The molecule has 1 aromatic carbocycles. The summed E-state index contributed by atoms with van der Waals surface area (Å²) in [6, 6.07) is 7.93. The SMILES string of the molecule is O=C(C1CCOCC1)N(CCCCCc1nc(CC2CC2)no1)c1cccc(-c2nc(C3CC3)no2)c1. The van der Waals surface area contributed by atoms with Crippen molar-refractivity contribution >= 4 is 11.6 Å². The fourth-order valence-corrected chi connectivity index (χ4v) is 4.98. The highest BCUT2D eigenvalue weighted by Gasteiger charge is 2.30. The number of aromatic nitrogens is 4. The summed E-state index contributed by atoms with van der Waals surface area (Å²) >= 11 is 0. The molecule has 6 rings (SSSR count). The molecule has 3 fully saturated rings. The van der Waals surface area contributed by atoms with E-state index >= 15 is 0 Å². The Labute approximate surface area is 217 Å². The molecule has 3 aliphatic rings. The summed E-state index contributed by atoms with van der Waals surface area (Å²) in [5, 5.41) is 8.27. The van der Waals surface area contributed by atoms with Crippen LogP contribution in [0.25, 0.3) is 11.5 Å². The van der Waals surface area contributed by atoms with Crippen LogP contribution in [0.15, 0.2) is 33.3 Å². The van der Waals surface area contributed by atoms with Gasteiger partial charge >= 0.3 is 0 Å². The molecule has 0 N–H and O–H groups in total. The van der Waals surface area contributed by atoms with Crippen LogP contribution in [-0.2, 0) is 22.4 Å². The number of hydrogen-bond donors (Lipinski definition) is 0. The van der Waals surface area contributed by atoms with Gasteiger partial charge in [0.1, 0.15) is 0 Å². The molecule has 0 spiro atoms. The summed E-state index contributed by atoms with van der Waals surface area (Å²) in [5.41, 5.74) is 1.72. The Morgan fingerprint density at radius 1 is 0.946 bits per heavy atom. The van der Waals surface area contributed by atoms with E-state index in [9.17, 15) is 4.79 Å². The van der Waals surface area contributed by atoms with Crippen LogP contribution in [0.5, 0.6) is 0 Å². The summed E-state index contributed by atoms with van der Waals surface area (Å²) < 4.78 is 16.5. The second-order valence-corrected chi connectivity index (χ2v) is 10.7. The summed E-state index contributed by atoms with van der Waals surface area (Å²) in [6.45, 7) is 1.94. The molecule has 3 heterocycles. The lowest BCUT2D eigenvalue weighted by atomic mass is 9.98. The number of hydrogen-bond acceptors (Lipinski definition) is 8. The van der Waals surface area contributed by atoms with Crippen molar-refractivity contribution in [2.75, 3.05) is 24.7 Å². The highest BCUT2D eigenvalue weighted by molar-refractivity contribution is 5.95. The molecule has 9 heteroatoms. The summed E-state index contributed by atoms with van der Waals surface area (Å²) in [4.78, 5) is 24.7. The third kappa shape index (κ3) is 6.26. The van der Waals surface area contributed by atoms with Crippen LogP contribution >= 0.6 is 0 Å². The number of rotatable bonds is 12. The van der Waals surface area contributed by atoms with E-state index in [0.717, 1.165) is 92.5 Å². The predicted octanol–water partition coefficient (Wildman–Crippen LogP) is 5.12. The number of unbranched alkanes of at least 4 members (excludes halogenated alkanes) is 2. The Balaban J connectivity index is 1.09. The monoisotopic (exact) mass is 505 g/mol. The van der Waals surface area contributed by atoms with Gasteiger partial charge in [0, 0.05) is 55.7 Å². The van der Waals surface area contributed by atoms with Crippen LogP contribution in [0.3, 0.4) is 0 Å². The number of anilines is 1. The third-order valence-corrected chi connectivity index (χ3v) is 7.58. The summed E-state index contributed by atoms with van der Waals surface area (Å²) in [5.74, 6) is 4.23. The molecule has 0 atom stereocenters. The van der Waals surface area contributed by atoms with Crippen LogP contribution in [-0.4, -0.2) is 45.9 Å². The van der Waals surface area contributed by atoms with E-state index in [-0.39, 0.29) is 11.8 Å².